The fraction of sp³-hybridized carbons (Fsp3) is 0.650. The number of hydrogen-bond acceptors (Lipinski definition) is 2. The molecule has 1 amide bonds. The maximum absolute atomic E-state index is 12.4. The monoisotopic (exact) mass is 330 g/mol. The lowest BCUT2D eigenvalue weighted by Crippen LogP contribution is -3.11. The minimum Gasteiger partial charge on any atom is -0.378 e. The van der Waals surface area contributed by atoms with Crippen LogP contribution < -0.4 is 15.1 Å². The van der Waals surface area contributed by atoms with Gasteiger partial charge in [0.1, 0.15) is 6.04 Å². The van der Waals surface area contributed by atoms with E-state index in [0.717, 1.165) is 19.4 Å². The molecular weight excluding hydrogens is 298 g/mol. The molecule has 1 saturated heterocycles. The van der Waals surface area contributed by atoms with Gasteiger partial charge in [0.25, 0.3) is 0 Å². The molecule has 1 atom stereocenters. The Labute approximate surface area is 146 Å². The Hall–Kier alpha value is -1.55. The van der Waals surface area contributed by atoms with Crippen molar-refractivity contribution in [2.45, 2.75) is 44.6 Å². The van der Waals surface area contributed by atoms with Crippen LogP contribution in [0.4, 0.5) is 5.69 Å². The summed E-state index contributed by atoms with van der Waals surface area (Å²) >= 11 is 0. The molecule has 1 aliphatic heterocycles. The van der Waals surface area contributed by atoms with Gasteiger partial charge in [-0.15, -0.1) is 0 Å². The second-order valence-corrected chi connectivity index (χ2v) is 7.63. The number of hydrogen-bond donors (Lipinski definition) is 2. The van der Waals surface area contributed by atoms with E-state index in [4.69, 9.17) is 0 Å². The quantitative estimate of drug-likeness (QED) is 0.834. The van der Waals surface area contributed by atoms with E-state index in [9.17, 15) is 4.79 Å². The largest absolute Gasteiger partial charge is 0.378 e. The Morgan fingerprint density at radius 2 is 1.75 bits per heavy atom. The smallest absolute Gasteiger partial charge is 0.223 e. The first-order valence-corrected chi connectivity index (χ1v) is 9.54. The number of anilines is 1. The van der Waals surface area contributed by atoms with E-state index in [1.165, 1.54) is 50.0 Å². The fourth-order valence-electron chi connectivity index (χ4n) is 4.22. The molecule has 0 bridgehead atoms. The van der Waals surface area contributed by atoms with Crippen LogP contribution in [0.2, 0.25) is 0 Å². The molecule has 0 aromatic heterocycles. The van der Waals surface area contributed by atoms with Crippen molar-refractivity contribution in [1.29, 1.82) is 0 Å². The van der Waals surface area contributed by atoms with Crippen LogP contribution in [0.5, 0.6) is 0 Å². The molecule has 1 aliphatic carbocycles. The molecule has 2 N–H and O–H groups in total. The summed E-state index contributed by atoms with van der Waals surface area (Å²) < 4.78 is 0. The Bertz CT molecular complexity index is 528. The zero-order valence-electron chi connectivity index (χ0n) is 15.2. The van der Waals surface area contributed by atoms with Crippen molar-refractivity contribution in [3.63, 3.8) is 0 Å². The van der Waals surface area contributed by atoms with E-state index >= 15 is 0 Å². The number of rotatable bonds is 6. The number of likely N-dealkylation sites (tertiary alicyclic amines) is 1. The van der Waals surface area contributed by atoms with Crippen molar-refractivity contribution >= 4 is 11.6 Å². The zero-order chi connectivity index (χ0) is 16.9. The zero-order valence-corrected chi connectivity index (χ0v) is 15.2. The molecule has 2 aliphatic rings. The molecule has 1 heterocycles. The van der Waals surface area contributed by atoms with Gasteiger partial charge in [0, 0.05) is 44.1 Å². The van der Waals surface area contributed by atoms with Crippen LogP contribution in [-0.2, 0) is 4.79 Å². The van der Waals surface area contributed by atoms with Crippen LogP contribution in [0.1, 0.15) is 50.1 Å². The van der Waals surface area contributed by atoms with Crippen molar-refractivity contribution in [3.05, 3.63) is 29.8 Å². The minimum absolute atomic E-state index is 0.260. The summed E-state index contributed by atoms with van der Waals surface area (Å²) in [6, 6.07) is 9.25. The second kappa shape index (κ2) is 8.02. The topological polar surface area (TPSA) is 36.8 Å². The highest BCUT2D eigenvalue weighted by molar-refractivity contribution is 5.78. The number of carbonyl (C=O) groups is 1. The van der Waals surface area contributed by atoms with Gasteiger partial charge in [-0.25, -0.2) is 0 Å². The number of carbonyl (C=O) groups excluding carboxylic acids is 1. The van der Waals surface area contributed by atoms with E-state index in [0.29, 0.717) is 6.04 Å². The van der Waals surface area contributed by atoms with Gasteiger partial charge in [-0.05, 0) is 25.0 Å². The Balaban J connectivity index is 1.67. The number of quaternary nitrogens is 1. The predicted molar refractivity (Wildman–Crippen MR) is 98.4 cm³/mol. The maximum Gasteiger partial charge on any atom is 0.223 e. The lowest BCUT2D eigenvalue weighted by atomic mass is 10.0. The van der Waals surface area contributed by atoms with Crippen LogP contribution in [0.3, 0.4) is 0 Å². The molecule has 0 radical (unpaired) electrons. The highest BCUT2D eigenvalue weighted by Crippen LogP contribution is 2.25. The van der Waals surface area contributed by atoms with Gasteiger partial charge in [-0.1, -0.05) is 25.0 Å². The fourth-order valence-corrected chi connectivity index (χ4v) is 4.22. The molecule has 0 spiro atoms. The maximum atomic E-state index is 12.4. The number of amides is 1. The van der Waals surface area contributed by atoms with Crippen molar-refractivity contribution in [3.8, 4) is 0 Å². The third-order valence-electron chi connectivity index (χ3n) is 5.76. The van der Waals surface area contributed by atoms with Crippen LogP contribution in [0.15, 0.2) is 24.3 Å². The summed E-state index contributed by atoms with van der Waals surface area (Å²) in [5, 5.41) is 3.27. The lowest BCUT2D eigenvalue weighted by Gasteiger charge is -2.26. The van der Waals surface area contributed by atoms with Gasteiger partial charge in [0.2, 0.25) is 5.91 Å². The molecule has 132 valence electrons. The van der Waals surface area contributed by atoms with Crippen molar-refractivity contribution in [2.75, 3.05) is 38.6 Å². The van der Waals surface area contributed by atoms with Gasteiger partial charge in [0.15, 0.2) is 0 Å². The molecule has 24 heavy (non-hydrogen) atoms. The van der Waals surface area contributed by atoms with Gasteiger partial charge in [-0.3, -0.25) is 4.79 Å². The first kappa shape index (κ1) is 17.3. The molecule has 2 fully saturated rings. The normalized spacial score (nSPS) is 20.2. The number of nitrogens with one attached hydrogen (secondary N) is 2. The Morgan fingerprint density at radius 1 is 1.12 bits per heavy atom. The lowest BCUT2D eigenvalue weighted by molar-refractivity contribution is -0.918. The summed E-state index contributed by atoms with van der Waals surface area (Å²) in [6.07, 6.45) is 7.18. The van der Waals surface area contributed by atoms with E-state index in [1.807, 2.05) is 0 Å². The van der Waals surface area contributed by atoms with Gasteiger partial charge >= 0.3 is 0 Å². The number of benzene rings is 1. The summed E-state index contributed by atoms with van der Waals surface area (Å²) in [5.74, 6) is 0.538. The van der Waals surface area contributed by atoms with E-state index in [-0.39, 0.29) is 11.8 Å². The van der Waals surface area contributed by atoms with E-state index < -0.39 is 0 Å². The third-order valence-corrected chi connectivity index (χ3v) is 5.76. The predicted octanol–water partition coefficient (Wildman–Crippen LogP) is 1.78. The Kier molecular flexibility index (Phi) is 5.77. The highest BCUT2D eigenvalue weighted by Gasteiger charge is 2.29. The molecule has 3 rings (SSSR count). The molecule has 1 saturated carbocycles. The minimum atomic E-state index is 0.260. The Morgan fingerprint density at radius 3 is 2.33 bits per heavy atom. The number of nitrogens with zero attached hydrogens (tertiary/aromatic N) is 1. The molecule has 1 aromatic carbocycles. The van der Waals surface area contributed by atoms with E-state index in [1.54, 1.807) is 4.90 Å². The summed E-state index contributed by atoms with van der Waals surface area (Å²) in [4.78, 5) is 16.2. The third kappa shape index (κ3) is 4.10. The summed E-state index contributed by atoms with van der Waals surface area (Å²) in [6.45, 7) is 3.21. The van der Waals surface area contributed by atoms with Crippen LogP contribution in [0, 0.1) is 5.92 Å². The van der Waals surface area contributed by atoms with Crippen molar-refractivity contribution < 1.29 is 9.69 Å². The van der Waals surface area contributed by atoms with Gasteiger partial charge in [-0.2, -0.15) is 0 Å². The van der Waals surface area contributed by atoms with Crippen LogP contribution >= 0.6 is 0 Å². The van der Waals surface area contributed by atoms with Crippen LogP contribution in [0.25, 0.3) is 0 Å². The first-order valence-electron chi connectivity index (χ1n) is 9.54. The first-order chi connectivity index (χ1) is 11.6. The van der Waals surface area contributed by atoms with Gasteiger partial charge in [0.05, 0.1) is 19.6 Å². The molecule has 1 aromatic rings. The van der Waals surface area contributed by atoms with Crippen LogP contribution in [-0.4, -0.2) is 39.6 Å². The van der Waals surface area contributed by atoms with Crippen molar-refractivity contribution in [1.82, 2.24) is 5.32 Å². The molecule has 4 nitrogen and oxygen atoms in total. The molecule has 0 unspecified atom stereocenters. The summed E-state index contributed by atoms with van der Waals surface area (Å²) in [5.41, 5.74) is 2.58. The van der Waals surface area contributed by atoms with Gasteiger partial charge < -0.3 is 15.1 Å². The summed E-state index contributed by atoms with van der Waals surface area (Å²) in [7, 11) is 4.14. The average Bonchev–Trinajstić information content (AvgIpc) is 3.29. The van der Waals surface area contributed by atoms with E-state index in [2.05, 4.69) is 48.6 Å². The average molecular weight is 330 g/mol. The standard InChI is InChI=1S/C20H31N3O/c1-22(2)18-11-9-16(10-12-18)19(23-13-5-6-14-23)15-21-20(24)17-7-3-4-8-17/h9-12,17,19H,3-8,13-15H2,1-2H3,(H,21,24)/p+1/t19-/m1/s1. The highest BCUT2D eigenvalue weighted by atomic mass is 16.1. The second-order valence-electron chi connectivity index (χ2n) is 7.63. The molecule has 4 heteroatoms. The molecular formula is C20H32N3O+. The SMILES string of the molecule is CN(C)c1ccc([C@@H](CNC(=O)C2CCCC2)[NH+]2CCCC2)cc1. The van der Waals surface area contributed by atoms with Crippen molar-refractivity contribution in [2.24, 2.45) is 5.92 Å².